The topological polar surface area (TPSA) is 58.6 Å². The molecule has 2 rings (SSSR count). The van der Waals surface area contributed by atoms with Crippen molar-refractivity contribution < 1.29 is 14.6 Å². The molecule has 1 aromatic rings. The molecule has 0 saturated heterocycles. The van der Waals surface area contributed by atoms with Gasteiger partial charge in [-0.1, -0.05) is 30.3 Å². The van der Waals surface area contributed by atoms with E-state index in [0.717, 1.165) is 25.7 Å². The zero-order chi connectivity index (χ0) is 16.5. The van der Waals surface area contributed by atoms with E-state index in [1.807, 2.05) is 18.2 Å². The minimum Gasteiger partial charge on any atom is -0.396 e. The fraction of sp³-hybridized carbons (Fsp3) is 0.632. The van der Waals surface area contributed by atoms with Gasteiger partial charge in [0.15, 0.2) is 0 Å². The van der Waals surface area contributed by atoms with Crippen molar-refractivity contribution >= 4 is 5.91 Å². The summed E-state index contributed by atoms with van der Waals surface area (Å²) in [6.45, 7) is 0.729. The van der Waals surface area contributed by atoms with Crippen LogP contribution in [0.2, 0.25) is 0 Å². The molecule has 0 aromatic heterocycles. The van der Waals surface area contributed by atoms with E-state index < -0.39 is 0 Å². The number of carbonyl (C=O) groups excluding carboxylic acids is 1. The van der Waals surface area contributed by atoms with Crippen LogP contribution in [0.25, 0.3) is 0 Å². The quantitative estimate of drug-likeness (QED) is 0.774. The molecule has 0 radical (unpaired) electrons. The lowest BCUT2D eigenvalue weighted by molar-refractivity contribution is -0.122. The molecule has 1 amide bonds. The normalized spacial score (nSPS) is 22.5. The van der Waals surface area contributed by atoms with Crippen molar-refractivity contribution in [2.75, 3.05) is 20.3 Å². The van der Waals surface area contributed by atoms with Crippen molar-refractivity contribution in [3.63, 3.8) is 0 Å². The molecule has 23 heavy (non-hydrogen) atoms. The summed E-state index contributed by atoms with van der Waals surface area (Å²) in [6, 6.07) is 10.1. The molecule has 2 N–H and O–H groups in total. The molecule has 0 spiro atoms. The van der Waals surface area contributed by atoms with Crippen LogP contribution in [0.5, 0.6) is 0 Å². The Morgan fingerprint density at radius 3 is 2.57 bits per heavy atom. The van der Waals surface area contributed by atoms with Crippen LogP contribution in [0.1, 0.15) is 50.0 Å². The molecule has 1 fully saturated rings. The molecule has 128 valence electrons. The van der Waals surface area contributed by atoms with Gasteiger partial charge >= 0.3 is 0 Å². The highest BCUT2D eigenvalue weighted by Gasteiger charge is 2.23. The Morgan fingerprint density at radius 1 is 1.26 bits per heavy atom. The third-order valence-corrected chi connectivity index (χ3v) is 4.90. The van der Waals surface area contributed by atoms with Crippen molar-refractivity contribution in [2.45, 2.75) is 50.5 Å². The second-order valence-corrected chi connectivity index (χ2v) is 6.51. The van der Waals surface area contributed by atoms with Crippen molar-refractivity contribution in [3.8, 4) is 0 Å². The van der Waals surface area contributed by atoms with Gasteiger partial charge in [-0.2, -0.15) is 0 Å². The summed E-state index contributed by atoms with van der Waals surface area (Å²) in [7, 11) is 1.77. The monoisotopic (exact) mass is 319 g/mol. The number of hydrogen-bond acceptors (Lipinski definition) is 3. The Balaban J connectivity index is 1.76. The van der Waals surface area contributed by atoms with Gasteiger partial charge in [0.05, 0.1) is 6.10 Å². The minimum absolute atomic E-state index is 0.129. The molecule has 4 heteroatoms. The van der Waals surface area contributed by atoms with Crippen LogP contribution in [-0.2, 0) is 9.53 Å². The lowest BCUT2D eigenvalue weighted by Gasteiger charge is -2.27. The smallest absolute Gasteiger partial charge is 0.220 e. The van der Waals surface area contributed by atoms with E-state index in [1.54, 1.807) is 7.11 Å². The van der Waals surface area contributed by atoms with Gasteiger partial charge in [0, 0.05) is 32.6 Å². The van der Waals surface area contributed by atoms with Gasteiger partial charge in [-0.15, -0.1) is 0 Å². The van der Waals surface area contributed by atoms with Crippen LogP contribution in [0.15, 0.2) is 30.3 Å². The number of methoxy groups -OCH3 is 1. The third kappa shape index (κ3) is 5.96. The zero-order valence-corrected chi connectivity index (χ0v) is 14.0. The number of aliphatic hydroxyl groups excluding tert-OH is 1. The maximum Gasteiger partial charge on any atom is 0.220 e. The first-order valence-corrected chi connectivity index (χ1v) is 8.68. The van der Waals surface area contributed by atoms with Gasteiger partial charge < -0.3 is 15.2 Å². The average molecular weight is 319 g/mol. The summed E-state index contributed by atoms with van der Waals surface area (Å²) in [5.41, 5.74) is 1.17. The predicted octanol–water partition coefficient (Wildman–Crippen LogP) is 2.86. The summed E-state index contributed by atoms with van der Waals surface area (Å²) < 4.78 is 5.38. The standard InChI is InChI=1S/C19H29NO3/c1-23-18-9-7-15(8-10-18)13-19(22)20-14-17(11-12-21)16-5-3-2-4-6-16/h2-6,15,17-18,21H,7-14H2,1H3,(H,20,22). The number of benzene rings is 1. The summed E-state index contributed by atoms with van der Waals surface area (Å²) in [5.74, 6) is 0.786. The van der Waals surface area contributed by atoms with E-state index in [0.29, 0.717) is 31.4 Å². The maximum absolute atomic E-state index is 12.2. The number of aliphatic hydroxyl groups is 1. The van der Waals surface area contributed by atoms with Crippen LogP contribution in [-0.4, -0.2) is 37.4 Å². The lowest BCUT2D eigenvalue weighted by Crippen LogP contribution is -2.31. The van der Waals surface area contributed by atoms with Crippen LogP contribution < -0.4 is 5.32 Å². The Kier molecular flexibility index (Phi) is 7.56. The number of amides is 1. The molecule has 1 aromatic carbocycles. The molecule has 0 heterocycles. The minimum atomic E-state index is 0.129. The molecular formula is C19H29NO3. The third-order valence-electron chi connectivity index (χ3n) is 4.90. The molecule has 4 nitrogen and oxygen atoms in total. The Bertz CT molecular complexity index is 455. The molecule has 1 atom stereocenters. The van der Waals surface area contributed by atoms with E-state index in [2.05, 4.69) is 17.4 Å². The van der Waals surface area contributed by atoms with Crippen molar-refractivity contribution in [1.29, 1.82) is 0 Å². The molecule has 1 aliphatic carbocycles. The van der Waals surface area contributed by atoms with Gasteiger partial charge in [-0.25, -0.2) is 0 Å². The number of nitrogens with one attached hydrogen (secondary N) is 1. The van der Waals surface area contributed by atoms with E-state index in [-0.39, 0.29) is 18.4 Å². The van der Waals surface area contributed by atoms with Gasteiger partial charge in [0.25, 0.3) is 0 Å². The number of hydrogen-bond donors (Lipinski definition) is 2. The fourth-order valence-electron chi connectivity index (χ4n) is 3.41. The Morgan fingerprint density at radius 2 is 1.96 bits per heavy atom. The van der Waals surface area contributed by atoms with Crippen LogP contribution in [0.4, 0.5) is 0 Å². The highest BCUT2D eigenvalue weighted by atomic mass is 16.5. The zero-order valence-electron chi connectivity index (χ0n) is 14.0. The fourth-order valence-corrected chi connectivity index (χ4v) is 3.41. The summed E-state index contributed by atoms with van der Waals surface area (Å²) in [4.78, 5) is 12.2. The van der Waals surface area contributed by atoms with E-state index >= 15 is 0 Å². The summed E-state index contributed by atoms with van der Waals surface area (Å²) >= 11 is 0. The van der Waals surface area contributed by atoms with Gasteiger partial charge in [-0.3, -0.25) is 4.79 Å². The van der Waals surface area contributed by atoms with Gasteiger partial charge in [0.2, 0.25) is 5.91 Å². The first-order valence-electron chi connectivity index (χ1n) is 8.68. The van der Waals surface area contributed by atoms with Crippen molar-refractivity contribution in [1.82, 2.24) is 5.32 Å². The lowest BCUT2D eigenvalue weighted by atomic mass is 9.85. The molecule has 1 saturated carbocycles. The number of rotatable bonds is 8. The molecular weight excluding hydrogens is 290 g/mol. The summed E-state index contributed by atoms with van der Waals surface area (Å²) in [5, 5.41) is 12.3. The molecule has 0 bridgehead atoms. The second-order valence-electron chi connectivity index (χ2n) is 6.51. The molecule has 1 unspecified atom stereocenters. The van der Waals surface area contributed by atoms with Gasteiger partial charge in [-0.05, 0) is 43.6 Å². The first kappa shape index (κ1) is 18.0. The Labute approximate surface area is 139 Å². The Hall–Kier alpha value is -1.39. The highest BCUT2D eigenvalue weighted by Crippen LogP contribution is 2.28. The number of ether oxygens (including phenoxy) is 1. The van der Waals surface area contributed by atoms with Crippen LogP contribution in [0.3, 0.4) is 0 Å². The SMILES string of the molecule is COC1CCC(CC(=O)NCC(CCO)c2ccccc2)CC1. The van der Waals surface area contributed by atoms with E-state index in [4.69, 9.17) is 4.74 Å². The van der Waals surface area contributed by atoms with E-state index in [9.17, 15) is 9.90 Å². The van der Waals surface area contributed by atoms with Gasteiger partial charge in [0.1, 0.15) is 0 Å². The number of carbonyl (C=O) groups is 1. The first-order chi connectivity index (χ1) is 11.2. The predicted molar refractivity (Wildman–Crippen MR) is 91.3 cm³/mol. The van der Waals surface area contributed by atoms with Crippen LogP contribution >= 0.6 is 0 Å². The second kappa shape index (κ2) is 9.68. The maximum atomic E-state index is 12.2. The molecule has 1 aliphatic rings. The average Bonchev–Trinajstić information content (AvgIpc) is 2.60. The molecule has 0 aliphatic heterocycles. The van der Waals surface area contributed by atoms with Crippen LogP contribution in [0, 0.1) is 5.92 Å². The van der Waals surface area contributed by atoms with Crippen molar-refractivity contribution in [3.05, 3.63) is 35.9 Å². The summed E-state index contributed by atoms with van der Waals surface area (Å²) in [6.07, 6.45) is 5.92. The van der Waals surface area contributed by atoms with E-state index in [1.165, 1.54) is 5.56 Å². The van der Waals surface area contributed by atoms with Crippen molar-refractivity contribution in [2.24, 2.45) is 5.92 Å². The highest BCUT2D eigenvalue weighted by molar-refractivity contribution is 5.76. The largest absolute Gasteiger partial charge is 0.396 e.